The van der Waals surface area contributed by atoms with Crippen molar-refractivity contribution in [2.75, 3.05) is 12.4 Å². The molecule has 19 heavy (non-hydrogen) atoms. The highest BCUT2D eigenvalue weighted by Crippen LogP contribution is 2.34. The van der Waals surface area contributed by atoms with Gasteiger partial charge in [0.25, 0.3) is 0 Å². The molecule has 1 aliphatic carbocycles. The first-order chi connectivity index (χ1) is 8.93. The third-order valence-electron chi connectivity index (χ3n) is 3.62. The summed E-state index contributed by atoms with van der Waals surface area (Å²) in [4.78, 5) is 12.0. The second kappa shape index (κ2) is 5.39. The molecule has 1 aromatic rings. The first-order valence-electron chi connectivity index (χ1n) is 6.36. The van der Waals surface area contributed by atoms with E-state index in [0.29, 0.717) is 22.9 Å². The molecule has 0 bridgehead atoms. The van der Waals surface area contributed by atoms with Gasteiger partial charge < -0.3 is 15.8 Å². The summed E-state index contributed by atoms with van der Waals surface area (Å²) in [6, 6.07) is 3.51. The summed E-state index contributed by atoms with van der Waals surface area (Å²) < 4.78 is 5.22. The van der Waals surface area contributed by atoms with Crippen molar-refractivity contribution < 1.29 is 9.53 Å². The van der Waals surface area contributed by atoms with Crippen LogP contribution in [0.1, 0.15) is 31.2 Å². The SMILES string of the molecule is COc1cc(Cl)c(C)cc1NC(=O)CC1(N)CCC1. The van der Waals surface area contributed by atoms with E-state index in [1.165, 1.54) is 0 Å². The topological polar surface area (TPSA) is 64.3 Å². The smallest absolute Gasteiger partial charge is 0.226 e. The number of nitrogens with one attached hydrogen (secondary N) is 1. The number of hydrogen-bond donors (Lipinski definition) is 2. The van der Waals surface area contributed by atoms with Gasteiger partial charge in [0.1, 0.15) is 5.75 Å². The number of aryl methyl sites for hydroxylation is 1. The second-order valence-corrected chi connectivity index (χ2v) is 5.65. The van der Waals surface area contributed by atoms with E-state index >= 15 is 0 Å². The molecule has 0 saturated heterocycles. The molecule has 1 aliphatic rings. The predicted octanol–water partition coefficient (Wildman–Crippen LogP) is 2.87. The molecular weight excluding hydrogens is 264 g/mol. The highest BCUT2D eigenvalue weighted by atomic mass is 35.5. The molecule has 0 atom stereocenters. The van der Waals surface area contributed by atoms with Crippen LogP contribution in [-0.4, -0.2) is 18.6 Å². The summed E-state index contributed by atoms with van der Waals surface area (Å²) in [6.45, 7) is 1.88. The summed E-state index contributed by atoms with van der Waals surface area (Å²) in [5.41, 5.74) is 7.28. The van der Waals surface area contributed by atoms with Gasteiger partial charge in [-0.05, 0) is 37.8 Å². The zero-order valence-electron chi connectivity index (χ0n) is 11.3. The van der Waals surface area contributed by atoms with Gasteiger partial charge in [-0.3, -0.25) is 4.79 Å². The zero-order valence-corrected chi connectivity index (χ0v) is 12.0. The third kappa shape index (κ3) is 3.19. The highest BCUT2D eigenvalue weighted by Gasteiger charge is 2.34. The number of rotatable bonds is 4. The summed E-state index contributed by atoms with van der Waals surface area (Å²) >= 11 is 6.03. The van der Waals surface area contributed by atoms with E-state index in [0.717, 1.165) is 24.8 Å². The minimum absolute atomic E-state index is 0.0813. The van der Waals surface area contributed by atoms with Crippen LogP contribution in [0.5, 0.6) is 5.75 Å². The Morgan fingerprint density at radius 2 is 2.21 bits per heavy atom. The van der Waals surface area contributed by atoms with Gasteiger partial charge in [-0.25, -0.2) is 0 Å². The van der Waals surface area contributed by atoms with E-state index < -0.39 is 0 Å². The largest absolute Gasteiger partial charge is 0.495 e. The van der Waals surface area contributed by atoms with Gasteiger partial charge in [0.05, 0.1) is 12.8 Å². The van der Waals surface area contributed by atoms with Crippen LogP contribution < -0.4 is 15.8 Å². The molecule has 1 saturated carbocycles. The van der Waals surface area contributed by atoms with Crippen LogP contribution in [0, 0.1) is 6.92 Å². The number of anilines is 1. The molecule has 0 spiro atoms. The Labute approximate surface area is 118 Å². The molecule has 2 rings (SSSR count). The number of carbonyl (C=O) groups excluding carboxylic acids is 1. The molecule has 0 unspecified atom stereocenters. The lowest BCUT2D eigenvalue weighted by molar-refractivity contribution is -0.118. The number of benzene rings is 1. The molecule has 0 aromatic heterocycles. The lowest BCUT2D eigenvalue weighted by Crippen LogP contribution is -2.48. The number of hydrogen-bond acceptors (Lipinski definition) is 3. The zero-order chi connectivity index (χ0) is 14.0. The van der Waals surface area contributed by atoms with Crippen molar-refractivity contribution in [3.63, 3.8) is 0 Å². The standard InChI is InChI=1S/C14H19ClN2O2/c1-9-6-11(12(19-2)7-10(9)15)17-13(18)8-14(16)4-3-5-14/h6-7H,3-5,8,16H2,1-2H3,(H,17,18). The molecule has 3 N–H and O–H groups in total. The number of amides is 1. The number of methoxy groups -OCH3 is 1. The van der Waals surface area contributed by atoms with Crippen molar-refractivity contribution in [1.29, 1.82) is 0 Å². The Balaban J connectivity index is 2.09. The molecule has 1 amide bonds. The Bertz CT molecular complexity index is 498. The van der Waals surface area contributed by atoms with Crippen LogP contribution in [0.3, 0.4) is 0 Å². The number of ether oxygens (including phenoxy) is 1. The quantitative estimate of drug-likeness (QED) is 0.892. The molecule has 1 aromatic carbocycles. The molecule has 1 fully saturated rings. The Kier molecular flexibility index (Phi) is 4.02. The molecular formula is C14H19ClN2O2. The van der Waals surface area contributed by atoms with Gasteiger partial charge in [0.15, 0.2) is 0 Å². The van der Waals surface area contributed by atoms with Crippen molar-refractivity contribution in [2.45, 2.75) is 38.1 Å². The van der Waals surface area contributed by atoms with Crippen LogP contribution in [0.15, 0.2) is 12.1 Å². The minimum Gasteiger partial charge on any atom is -0.495 e. The monoisotopic (exact) mass is 282 g/mol. The van der Waals surface area contributed by atoms with Gasteiger partial charge in [0.2, 0.25) is 5.91 Å². The predicted molar refractivity (Wildman–Crippen MR) is 76.8 cm³/mol. The van der Waals surface area contributed by atoms with Gasteiger partial charge in [0, 0.05) is 23.0 Å². The number of nitrogens with two attached hydrogens (primary N) is 1. The van der Waals surface area contributed by atoms with Crippen molar-refractivity contribution in [2.24, 2.45) is 5.73 Å². The Morgan fingerprint density at radius 3 is 2.74 bits per heavy atom. The van der Waals surface area contributed by atoms with Gasteiger partial charge in [-0.1, -0.05) is 11.6 Å². The third-order valence-corrected chi connectivity index (χ3v) is 4.02. The first kappa shape index (κ1) is 14.2. The Hall–Kier alpha value is -1.26. The summed E-state index contributed by atoms with van der Waals surface area (Å²) in [5.74, 6) is 0.478. The summed E-state index contributed by atoms with van der Waals surface area (Å²) in [6.07, 6.45) is 3.28. The second-order valence-electron chi connectivity index (χ2n) is 5.24. The van der Waals surface area contributed by atoms with E-state index in [1.54, 1.807) is 13.2 Å². The average Bonchev–Trinajstić information content (AvgIpc) is 2.31. The molecule has 5 heteroatoms. The average molecular weight is 283 g/mol. The lowest BCUT2D eigenvalue weighted by Gasteiger charge is -2.37. The maximum Gasteiger partial charge on any atom is 0.226 e. The van der Waals surface area contributed by atoms with Gasteiger partial charge in [-0.15, -0.1) is 0 Å². The van der Waals surface area contributed by atoms with Crippen LogP contribution in [0.25, 0.3) is 0 Å². The van der Waals surface area contributed by atoms with Crippen molar-refractivity contribution >= 4 is 23.2 Å². The molecule has 104 valence electrons. The van der Waals surface area contributed by atoms with Crippen molar-refractivity contribution in [3.8, 4) is 5.75 Å². The Morgan fingerprint density at radius 1 is 1.53 bits per heavy atom. The van der Waals surface area contributed by atoms with Gasteiger partial charge >= 0.3 is 0 Å². The molecule has 0 radical (unpaired) electrons. The van der Waals surface area contributed by atoms with Crippen LogP contribution in [0.4, 0.5) is 5.69 Å². The fourth-order valence-corrected chi connectivity index (χ4v) is 2.41. The van der Waals surface area contributed by atoms with E-state index in [4.69, 9.17) is 22.1 Å². The number of carbonyl (C=O) groups is 1. The van der Waals surface area contributed by atoms with Crippen LogP contribution >= 0.6 is 11.6 Å². The normalized spacial score (nSPS) is 16.6. The highest BCUT2D eigenvalue weighted by molar-refractivity contribution is 6.31. The van der Waals surface area contributed by atoms with Crippen molar-refractivity contribution in [1.82, 2.24) is 0 Å². The minimum atomic E-state index is -0.321. The molecule has 0 aliphatic heterocycles. The fourth-order valence-electron chi connectivity index (χ4n) is 2.25. The van der Waals surface area contributed by atoms with E-state index in [1.807, 2.05) is 13.0 Å². The lowest BCUT2D eigenvalue weighted by atomic mass is 9.75. The van der Waals surface area contributed by atoms with E-state index in [9.17, 15) is 4.79 Å². The number of halogens is 1. The molecule has 0 heterocycles. The maximum atomic E-state index is 12.0. The fraction of sp³-hybridized carbons (Fsp3) is 0.500. The maximum absolute atomic E-state index is 12.0. The van der Waals surface area contributed by atoms with Crippen LogP contribution in [0.2, 0.25) is 5.02 Å². The van der Waals surface area contributed by atoms with Gasteiger partial charge in [-0.2, -0.15) is 0 Å². The summed E-state index contributed by atoms with van der Waals surface area (Å²) in [5, 5.41) is 3.47. The summed E-state index contributed by atoms with van der Waals surface area (Å²) in [7, 11) is 1.55. The van der Waals surface area contributed by atoms with Crippen LogP contribution in [-0.2, 0) is 4.79 Å². The molecule has 4 nitrogen and oxygen atoms in total. The first-order valence-corrected chi connectivity index (χ1v) is 6.74. The van der Waals surface area contributed by atoms with Crippen molar-refractivity contribution in [3.05, 3.63) is 22.7 Å². The van der Waals surface area contributed by atoms with E-state index in [2.05, 4.69) is 5.32 Å². The van der Waals surface area contributed by atoms with E-state index in [-0.39, 0.29) is 11.4 Å².